The number of methoxy groups -OCH3 is 1. The number of carbonyl (C=O) groups excluding carboxylic acids is 1. The Kier molecular flexibility index (Phi) is 6.11. The standard InChI is InChI=1S/C19H20F2N4O5/c1-4-30-18(27)11(2)24-10-22-16-15(24)17(26)23(7-8-29-3)19(28)25(16)14-6-5-12(20)9-13(14)21/h5-6,9-11H,4,7-8H2,1-3H3/t11-/m1/s1. The van der Waals surface area contributed by atoms with Crippen LogP contribution in [0.2, 0.25) is 0 Å². The number of benzene rings is 1. The van der Waals surface area contributed by atoms with E-state index in [-0.39, 0.29) is 36.6 Å². The predicted octanol–water partition coefficient (Wildman–Crippen LogP) is 1.40. The number of rotatable bonds is 7. The van der Waals surface area contributed by atoms with Gasteiger partial charge in [-0.1, -0.05) is 0 Å². The molecule has 0 aliphatic carbocycles. The molecule has 11 heteroatoms. The van der Waals surface area contributed by atoms with Gasteiger partial charge in [-0.3, -0.25) is 9.36 Å². The van der Waals surface area contributed by atoms with Crippen molar-refractivity contribution in [2.75, 3.05) is 20.3 Å². The highest BCUT2D eigenvalue weighted by Gasteiger charge is 2.25. The largest absolute Gasteiger partial charge is 0.464 e. The SMILES string of the molecule is CCOC(=O)[C@@H](C)n1cnc2c1c(=O)n(CCOC)c(=O)n2-c1ccc(F)cc1F. The van der Waals surface area contributed by atoms with Gasteiger partial charge in [-0.25, -0.2) is 27.9 Å². The van der Waals surface area contributed by atoms with Crippen molar-refractivity contribution >= 4 is 17.1 Å². The molecule has 3 rings (SSSR count). The first-order valence-corrected chi connectivity index (χ1v) is 9.15. The van der Waals surface area contributed by atoms with Crippen molar-refractivity contribution in [1.82, 2.24) is 18.7 Å². The smallest absolute Gasteiger partial charge is 0.337 e. The van der Waals surface area contributed by atoms with Crippen molar-refractivity contribution in [3.63, 3.8) is 0 Å². The first-order valence-electron chi connectivity index (χ1n) is 9.15. The molecule has 1 atom stereocenters. The van der Waals surface area contributed by atoms with Crippen molar-refractivity contribution in [2.45, 2.75) is 26.4 Å². The summed E-state index contributed by atoms with van der Waals surface area (Å²) in [6, 6.07) is 1.75. The molecule has 30 heavy (non-hydrogen) atoms. The Morgan fingerprint density at radius 2 is 2.00 bits per heavy atom. The van der Waals surface area contributed by atoms with Crippen LogP contribution in [-0.4, -0.2) is 45.0 Å². The molecule has 0 radical (unpaired) electrons. The molecule has 1 aromatic carbocycles. The summed E-state index contributed by atoms with van der Waals surface area (Å²) in [6.45, 7) is 3.20. The maximum Gasteiger partial charge on any atom is 0.337 e. The first-order chi connectivity index (χ1) is 14.3. The number of carbonyl (C=O) groups is 1. The van der Waals surface area contributed by atoms with Crippen LogP contribution < -0.4 is 11.2 Å². The third-order valence-electron chi connectivity index (χ3n) is 4.57. The number of aromatic nitrogens is 4. The summed E-state index contributed by atoms with van der Waals surface area (Å²) in [5, 5.41) is 0. The normalized spacial score (nSPS) is 12.3. The van der Waals surface area contributed by atoms with Gasteiger partial charge < -0.3 is 14.0 Å². The van der Waals surface area contributed by atoms with Crippen LogP contribution in [0.1, 0.15) is 19.9 Å². The summed E-state index contributed by atoms with van der Waals surface area (Å²) in [6.07, 6.45) is 1.20. The van der Waals surface area contributed by atoms with Gasteiger partial charge in [-0.15, -0.1) is 0 Å². The van der Waals surface area contributed by atoms with Crippen molar-refractivity contribution in [3.8, 4) is 5.69 Å². The number of hydrogen-bond donors (Lipinski definition) is 0. The van der Waals surface area contributed by atoms with Gasteiger partial charge in [0, 0.05) is 13.2 Å². The van der Waals surface area contributed by atoms with Gasteiger partial charge in [0.2, 0.25) is 0 Å². The van der Waals surface area contributed by atoms with Crippen molar-refractivity contribution in [2.24, 2.45) is 0 Å². The molecule has 0 aliphatic rings. The number of ether oxygens (including phenoxy) is 2. The summed E-state index contributed by atoms with van der Waals surface area (Å²) in [7, 11) is 1.40. The fraction of sp³-hybridized carbons (Fsp3) is 0.368. The zero-order valence-electron chi connectivity index (χ0n) is 16.6. The molecule has 3 aromatic rings. The van der Waals surface area contributed by atoms with Gasteiger partial charge in [-0.2, -0.15) is 0 Å². The summed E-state index contributed by atoms with van der Waals surface area (Å²) in [4.78, 5) is 42.4. The van der Waals surface area contributed by atoms with E-state index in [1.54, 1.807) is 6.92 Å². The van der Waals surface area contributed by atoms with E-state index in [2.05, 4.69) is 4.98 Å². The van der Waals surface area contributed by atoms with Gasteiger partial charge in [0.15, 0.2) is 11.2 Å². The average Bonchev–Trinajstić information content (AvgIpc) is 3.14. The topological polar surface area (TPSA) is 97.4 Å². The summed E-state index contributed by atoms with van der Waals surface area (Å²) < 4.78 is 40.8. The van der Waals surface area contributed by atoms with E-state index in [1.807, 2.05) is 0 Å². The number of esters is 1. The Labute approximate surface area is 169 Å². The minimum atomic E-state index is -1.01. The Hall–Kier alpha value is -3.34. The average molecular weight is 422 g/mol. The van der Waals surface area contributed by atoms with E-state index in [0.29, 0.717) is 6.07 Å². The Morgan fingerprint density at radius 3 is 2.63 bits per heavy atom. The van der Waals surface area contributed by atoms with Crippen molar-refractivity contribution in [1.29, 1.82) is 0 Å². The highest BCUT2D eigenvalue weighted by molar-refractivity contribution is 5.79. The molecule has 0 N–H and O–H groups in total. The maximum atomic E-state index is 14.5. The molecular weight excluding hydrogens is 402 g/mol. The van der Waals surface area contributed by atoms with E-state index in [1.165, 1.54) is 24.9 Å². The van der Waals surface area contributed by atoms with Gasteiger partial charge in [0.1, 0.15) is 17.7 Å². The van der Waals surface area contributed by atoms with E-state index in [4.69, 9.17) is 9.47 Å². The number of halogens is 2. The molecule has 0 fully saturated rings. The van der Waals surface area contributed by atoms with Crippen LogP contribution in [0.25, 0.3) is 16.9 Å². The minimum Gasteiger partial charge on any atom is -0.464 e. The second kappa shape index (κ2) is 8.57. The number of nitrogens with zero attached hydrogens (tertiary/aromatic N) is 4. The quantitative estimate of drug-likeness (QED) is 0.534. The van der Waals surface area contributed by atoms with E-state index >= 15 is 0 Å². The molecule has 160 valence electrons. The number of hydrogen-bond acceptors (Lipinski definition) is 6. The van der Waals surface area contributed by atoms with E-state index in [0.717, 1.165) is 21.3 Å². The van der Waals surface area contributed by atoms with E-state index < -0.39 is 34.9 Å². The third kappa shape index (κ3) is 3.63. The summed E-state index contributed by atoms with van der Waals surface area (Å²) >= 11 is 0. The molecule has 2 aromatic heterocycles. The zero-order valence-corrected chi connectivity index (χ0v) is 16.6. The van der Waals surface area contributed by atoms with Crippen LogP contribution in [0, 0.1) is 11.6 Å². The monoisotopic (exact) mass is 422 g/mol. The summed E-state index contributed by atoms with van der Waals surface area (Å²) in [5.41, 5.74) is -2.15. The molecule has 9 nitrogen and oxygen atoms in total. The van der Waals surface area contributed by atoms with Crippen LogP contribution in [-0.2, 0) is 20.8 Å². The second-order valence-electron chi connectivity index (χ2n) is 6.42. The molecule has 0 spiro atoms. The minimum absolute atomic E-state index is 0.0358. The molecule has 0 amide bonds. The highest BCUT2D eigenvalue weighted by atomic mass is 19.1. The van der Waals surface area contributed by atoms with Gasteiger partial charge in [0.05, 0.1) is 31.8 Å². The first kappa shape index (κ1) is 21.4. The molecular formula is C19H20F2N4O5. The molecule has 2 heterocycles. The van der Waals surface area contributed by atoms with Crippen LogP contribution in [0.4, 0.5) is 8.78 Å². The molecule has 0 aliphatic heterocycles. The number of imidazole rings is 1. The van der Waals surface area contributed by atoms with Crippen LogP contribution in [0.15, 0.2) is 34.1 Å². The fourth-order valence-corrected chi connectivity index (χ4v) is 3.08. The highest BCUT2D eigenvalue weighted by Crippen LogP contribution is 2.20. The zero-order chi connectivity index (χ0) is 22.0. The Balaban J connectivity index is 2.37. The number of fused-ring (bicyclic) bond motifs is 1. The molecule has 0 unspecified atom stereocenters. The van der Waals surface area contributed by atoms with Gasteiger partial charge >= 0.3 is 11.7 Å². The predicted molar refractivity (Wildman–Crippen MR) is 103 cm³/mol. The summed E-state index contributed by atoms with van der Waals surface area (Å²) in [5.74, 6) is -2.44. The lowest BCUT2D eigenvalue weighted by Gasteiger charge is -2.15. The third-order valence-corrected chi connectivity index (χ3v) is 4.57. The second-order valence-corrected chi connectivity index (χ2v) is 6.42. The van der Waals surface area contributed by atoms with Crippen molar-refractivity contribution < 1.29 is 23.0 Å². The van der Waals surface area contributed by atoms with Crippen LogP contribution in [0.3, 0.4) is 0 Å². The molecule has 0 bridgehead atoms. The fourth-order valence-electron chi connectivity index (χ4n) is 3.08. The van der Waals surface area contributed by atoms with Crippen molar-refractivity contribution in [3.05, 3.63) is 57.0 Å². The Morgan fingerprint density at radius 1 is 1.27 bits per heavy atom. The Bertz CT molecular complexity index is 1210. The van der Waals surface area contributed by atoms with Crippen LogP contribution >= 0.6 is 0 Å². The molecule has 0 saturated heterocycles. The van der Waals surface area contributed by atoms with E-state index in [9.17, 15) is 23.2 Å². The molecule has 0 saturated carbocycles. The van der Waals surface area contributed by atoms with Gasteiger partial charge in [0.25, 0.3) is 5.56 Å². The lowest BCUT2D eigenvalue weighted by molar-refractivity contribution is -0.146. The maximum absolute atomic E-state index is 14.5. The lowest BCUT2D eigenvalue weighted by Crippen LogP contribution is -2.41. The van der Waals surface area contributed by atoms with Crippen LogP contribution in [0.5, 0.6) is 0 Å². The van der Waals surface area contributed by atoms with Gasteiger partial charge in [-0.05, 0) is 26.0 Å². The lowest BCUT2D eigenvalue weighted by atomic mass is 10.3.